The second-order valence-corrected chi connectivity index (χ2v) is 4.72. The molecule has 0 bridgehead atoms. The molecule has 0 aromatic heterocycles. The zero-order valence-electron chi connectivity index (χ0n) is 9.37. The summed E-state index contributed by atoms with van der Waals surface area (Å²) < 4.78 is 42.6. The Morgan fingerprint density at radius 3 is 2.13 bits per heavy atom. The number of ether oxygens (including phenoxy) is 1. The molecule has 0 aromatic carbocycles. The molecule has 1 aliphatic carbocycles. The topological polar surface area (TPSA) is 21.3 Å². The third-order valence-corrected chi connectivity index (χ3v) is 3.04. The molecule has 0 spiro atoms. The van der Waals surface area contributed by atoms with Crippen molar-refractivity contribution >= 4 is 0 Å². The smallest absolute Gasteiger partial charge is 0.379 e. The summed E-state index contributed by atoms with van der Waals surface area (Å²) >= 11 is 0. The fraction of sp³-hybridized carbons (Fsp3) is 1.00. The number of methoxy groups -OCH3 is 1. The Hall–Kier alpha value is -0.290. The van der Waals surface area contributed by atoms with Crippen LogP contribution in [0.25, 0.3) is 0 Å². The van der Waals surface area contributed by atoms with Crippen LogP contribution in [-0.4, -0.2) is 31.0 Å². The van der Waals surface area contributed by atoms with Crippen molar-refractivity contribution in [2.45, 2.75) is 50.4 Å². The van der Waals surface area contributed by atoms with E-state index < -0.39 is 11.7 Å². The van der Waals surface area contributed by atoms with Gasteiger partial charge in [0.2, 0.25) is 0 Å². The number of nitrogens with one attached hydrogen (secondary N) is 1. The molecule has 0 heterocycles. The Bertz CT molecular complexity index is 221. The van der Waals surface area contributed by atoms with Crippen molar-refractivity contribution in [1.29, 1.82) is 0 Å². The highest BCUT2D eigenvalue weighted by Gasteiger charge is 2.62. The van der Waals surface area contributed by atoms with Gasteiger partial charge in [0.1, 0.15) is 5.54 Å². The van der Waals surface area contributed by atoms with Gasteiger partial charge in [-0.05, 0) is 39.7 Å². The van der Waals surface area contributed by atoms with Crippen LogP contribution in [0.4, 0.5) is 13.2 Å². The third kappa shape index (κ3) is 3.08. The van der Waals surface area contributed by atoms with Crippen molar-refractivity contribution in [1.82, 2.24) is 5.32 Å². The van der Waals surface area contributed by atoms with Crippen LogP contribution in [-0.2, 0) is 4.74 Å². The SMILES string of the molecule is COC(C)(C)CCNC1(C(F)(F)F)CC1. The normalized spacial score (nSPS) is 20.4. The number of alkyl halides is 3. The molecule has 0 aliphatic heterocycles. The second-order valence-electron chi connectivity index (χ2n) is 4.72. The molecule has 1 rings (SSSR count). The molecule has 1 saturated carbocycles. The Labute approximate surface area is 88.2 Å². The van der Waals surface area contributed by atoms with E-state index in [0.29, 0.717) is 13.0 Å². The van der Waals surface area contributed by atoms with E-state index in [2.05, 4.69) is 5.32 Å². The summed E-state index contributed by atoms with van der Waals surface area (Å²) in [4.78, 5) is 0. The Morgan fingerprint density at radius 2 is 1.80 bits per heavy atom. The highest BCUT2D eigenvalue weighted by molar-refractivity contribution is 5.07. The zero-order chi connectivity index (χ0) is 11.7. The van der Waals surface area contributed by atoms with Gasteiger partial charge in [-0.15, -0.1) is 0 Å². The summed E-state index contributed by atoms with van der Waals surface area (Å²) in [7, 11) is 1.57. The van der Waals surface area contributed by atoms with E-state index in [-0.39, 0.29) is 18.4 Å². The summed E-state index contributed by atoms with van der Waals surface area (Å²) in [6.07, 6.45) is -3.15. The average molecular weight is 225 g/mol. The highest BCUT2D eigenvalue weighted by Crippen LogP contribution is 2.48. The van der Waals surface area contributed by atoms with E-state index in [0.717, 1.165) is 0 Å². The van der Waals surface area contributed by atoms with Gasteiger partial charge in [-0.1, -0.05) is 0 Å². The van der Waals surface area contributed by atoms with Crippen LogP contribution in [0.15, 0.2) is 0 Å². The molecular weight excluding hydrogens is 207 g/mol. The van der Waals surface area contributed by atoms with Crippen molar-refractivity contribution in [2.75, 3.05) is 13.7 Å². The molecule has 0 saturated heterocycles. The molecule has 2 nitrogen and oxygen atoms in total. The molecule has 0 amide bonds. The molecule has 1 aliphatic rings. The van der Waals surface area contributed by atoms with Crippen molar-refractivity contribution < 1.29 is 17.9 Å². The minimum atomic E-state index is -4.12. The summed E-state index contributed by atoms with van der Waals surface area (Å²) in [5.74, 6) is 0. The average Bonchev–Trinajstić information content (AvgIpc) is 2.84. The lowest BCUT2D eigenvalue weighted by molar-refractivity contribution is -0.166. The van der Waals surface area contributed by atoms with Crippen LogP contribution in [0.3, 0.4) is 0 Å². The van der Waals surface area contributed by atoms with E-state index in [4.69, 9.17) is 4.74 Å². The van der Waals surface area contributed by atoms with E-state index >= 15 is 0 Å². The van der Waals surface area contributed by atoms with Crippen LogP contribution in [0.2, 0.25) is 0 Å². The summed E-state index contributed by atoms with van der Waals surface area (Å²) in [6, 6.07) is 0. The van der Waals surface area contributed by atoms with Gasteiger partial charge < -0.3 is 10.1 Å². The summed E-state index contributed by atoms with van der Waals surface area (Å²) in [5.41, 5.74) is -1.97. The highest BCUT2D eigenvalue weighted by atomic mass is 19.4. The molecule has 1 fully saturated rings. The maximum atomic E-state index is 12.5. The quantitative estimate of drug-likeness (QED) is 0.776. The molecule has 1 N–H and O–H groups in total. The van der Waals surface area contributed by atoms with Gasteiger partial charge in [0.05, 0.1) is 5.60 Å². The fourth-order valence-corrected chi connectivity index (χ4v) is 1.39. The molecule has 0 radical (unpaired) electrons. The fourth-order valence-electron chi connectivity index (χ4n) is 1.39. The zero-order valence-corrected chi connectivity index (χ0v) is 9.37. The first kappa shape index (κ1) is 12.8. The van der Waals surface area contributed by atoms with Crippen LogP contribution < -0.4 is 5.32 Å². The Balaban J connectivity index is 2.33. The van der Waals surface area contributed by atoms with Gasteiger partial charge in [0.15, 0.2) is 0 Å². The molecular formula is C10H18F3NO. The van der Waals surface area contributed by atoms with Gasteiger partial charge in [-0.3, -0.25) is 0 Å². The van der Waals surface area contributed by atoms with E-state index in [1.807, 2.05) is 13.8 Å². The van der Waals surface area contributed by atoms with Crippen molar-refractivity contribution in [3.63, 3.8) is 0 Å². The second kappa shape index (κ2) is 3.94. The molecule has 0 atom stereocenters. The van der Waals surface area contributed by atoms with Gasteiger partial charge in [0.25, 0.3) is 0 Å². The lowest BCUT2D eigenvalue weighted by Gasteiger charge is -2.26. The first-order chi connectivity index (χ1) is 6.72. The number of rotatable bonds is 5. The van der Waals surface area contributed by atoms with Crippen molar-refractivity contribution in [3.8, 4) is 0 Å². The maximum Gasteiger partial charge on any atom is 0.406 e. The number of hydrogen-bond acceptors (Lipinski definition) is 2. The minimum Gasteiger partial charge on any atom is -0.379 e. The summed E-state index contributed by atoms with van der Waals surface area (Å²) in [5, 5.41) is 2.60. The van der Waals surface area contributed by atoms with Gasteiger partial charge in [-0.2, -0.15) is 13.2 Å². The van der Waals surface area contributed by atoms with Gasteiger partial charge in [-0.25, -0.2) is 0 Å². The van der Waals surface area contributed by atoms with Gasteiger partial charge >= 0.3 is 6.18 Å². The number of hydrogen-bond donors (Lipinski definition) is 1. The molecule has 90 valence electrons. The van der Waals surface area contributed by atoms with Crippen molar-refractivity contribution in [3.05, 3.63) is 0 Å². The third-order valence-electron chi connectivity index (χ3n) is 3.04. The lowest BCUT2D eigenvalue weighted by atomic mass is 10.1. The predicted octanol–water partition coefficient (Wildman–Crippen LogP) is 2.49. The molecule has 5 heteroatoms. The van der Waals surface area contributed by atoms with Crippen LogP contribution in [0.1, 0.15) is 33.1 Å². The van der Waals surface area contributed by atoms with Crippen LogP contribution >= 0.6 is 0 Å². The van der Waals surface area contributed by atoms with Crippen LogP contribution in [0, 0.1) is 0 Å². The van der Waals surface area contributed by atoms with E-state index in [1.165, 1.54) is 0 Å². The van der Waals surface area contributed by atoms with Crippen LogP contribution in [0.5, 0.6) is 0 Å². The Morgan fingerprint density at radius 1 is 1.27 bits per heavy atom. The van der Waals surface area contributed by atoms with Crippen molar-refractivity contribution in [2.24, 2.45) is 0 Å². The number of halogens is 3. The molecule has 0 unspecified atom stereocenters. The first-order valence-corrected chi connectivity index (χ1v) is 5.09. The largest absolute Gasteiger partial charge is 0.406 e. The minimum absolute atomic E-state index is 0.198. The Kier molecular flexibility index (Phi) is 3.36. The van der Waals surface area contributed by atoms with E-state index in [9.17, 15) is 13.2 Å². The maximum absolute atomic E-state index is 12.5. The van der Waals surface area contributed by atoms with E-state index in [1.54, 1.807) is 7.11 Å². The summed E-state index contributed by atoms with van der Waals surface area (Å²) in [6.45, 7) is 4.06. The standard InChI is InChI=1S/C10H18F3NO/c1-8(2,15-3)6-7-14-9(4-5-9)10(11,12)13/h14H,4-7H2,1-3H3. The molecule has 15 heavy (non-hydrogen) atoms. The lowest BCUT2D eigenvalue weighted by Crippen LogP contribution is -2.46. The molecule has 0 aromatic rings. The monoisotopic (exact) mass is 225 g/mol. The predicted molar refractivity (Wildman–Crippen MR) is 51.7 cm³/mol. The first-order valence-electron chi connectivity index (χ1n) is 5.09. The van der Waals surface area contributed by atoms with Gasteiger partial charge in [0, 0.05) is 7.11 Å².